The Labute approximate surface area is 175 Å². The lowest BCUT2D eigenvalue weighted by molar-refractivity contribution is -0.145. The van der Waals surface area contributed by atoms with Crippen molar-refractivity contribution in [3.05, 3.63) is 47.0 Å². The van der Waals surface area contributed by atoms with Crippen LogP contribution in [0.3, 0.4) is 0 Å². The number of benzene rings is 1. The first-order valence-electron chi connectivity index (χ1n) is 10.7. The van der Waals surface area contributed by atoms with Crippen LogP contribution in [-0.2, 0) is 19.1 Å². The van der Waals surface area contributed by atoms with Crippen molar-refractivity contribution in [1.29, 1.82) is 0 Å². The number of carbonyl (C=O) groups is 4. The maximum atomic E-state index is 12.9. The van der Waals surface area contributed by atoms with Crippen molar-refractivity contribution in [3.8, 4) is 0 Å². The van der Waals surface area contributed by atoms with Crippen molar-refractivity contribution in [1.82, 2.24) is 4.90 Å². The van der Waals surface area contributed by atoms with Crippen molar-refractivity contribution in [3.63, 3.8) is 0 Å². The Kier molecular flexibility index (Phi) is 4.42. The number of aryl methyl sites for hydroxylation is 2. The van der Waals surface area contributed by atoms with Crippen LogP contribution in [0.5, 0.6) is 0 Å². The van der Waals surface area contributed by atoms with E-state index in [2.05, 4.69) is 12.2 Å². The third-order valence-corrected chi connectivity index (χ3v) is 7.35. The van der Waals surface area contributed by atoms with Gasteiger partial charge in [-0.05, 0) is 55.6 Å². The lowest BCUT2D eigenvalue weighted by Crippen LogP contribution is -2.40. The van der Waals surface area contributed by atoms with Crippen LogP contribution < -0.4 is 0 Å². The molecule has 1 heterocycles. The molecule has 6 nitrogen and oxygen atoms in total. The van der Waals surface area contributed by atoms with Crippen LogP contribution in [0.2, 0.25) is 0 Å². The summed E-state index contributed by atoms with van der Waals surface area (Å²) < 4.78 is 5.13. The zero-order chi connectivity index (χ0) is 21.2. The number of likely N-dealkylation sites (tertiary alicyclic amines) is 1. The molecule has 1 aromatic carbocycles. The first kappa shape index (κ1) is 19.2. The third kappa shape index (κ3) is 2.92. The highest BCUT2D eigenvalue weighted by Gasteiger charge is 2.66. The van der Waals surface area contributed by atoms with E-state index in [4.69, 9.17) is 4.74 Å². The summed E-state index contributed by atoms with van der Waals surface area (Å²) in [5.41, 5.74) is 2.33. The number of nitrogens with zero attached hydrogens (tertiary/aromatic N) is 1. The summed E-state index contributed by atoms with van der Waals surface area (Å²) in [6, 6.07) is 5.56. The molecule has 1 aliphatic heterocycles. The number of imide groups is 1. The van der Waals surface area contributed by atoms with Gasteiger partial charge < -0.3 is 4.74 Å². The first-order chi connectivity index (χ1) is 14.4. The quantitative estimate of drug-likeness (QED) is 0.313. The van der Waals surface area contributed by atoms with Gasteiger partial charge in [-0.2, -0.15) is 0 Å². The van der Waals surface area contributed by atoms with E-state index >= 15 is 0 Å². The molecule has 6 unspecified atom stereocenters. The highest BCUT2D eigenvalue weighted by Crippen LogP contribution is 2.65. The zero-order valence-electron chi connectivity index (χ0n) is 17.2. The van der Waals surface area contributed by atoms with E-state index in [1.165, 1.54) is 4.90 Å². The highest BCUT2D eigenvalue weighted by atomic mass is 16.5. The molecule has 4 aliphatic carbocycles. The van der Waals surface area contributed by atoms with Crippen molar-refractivity contribution in [2.45, 2.75) is 26.7 Å². The molecule has 0 aromatic heterocycles. The van der Waals surface area contributed by atoms with E-state index in [1.807, 2.05) is 26.0 Å². The smallest absolute Gasteiger partial charge is 0.308 e. The van der Waals surface area contributed by atoms with E-state index < -0.39 is 5.97 Å². The Bertz CT molecular complexity index is 959. The van der Waals surface area contributed by atoms with Gasteiger partial charge >= 0.3 is 5.97 Å². The number of carbonyl (C=O) groups excluding carboxylic acids is 4. The topological polar surface area (TPSA) is 80.8 Å². The van der Waals surface area contributed by atoms with Crippen LogP contribution >= 0.6 is 0 Å². The average molecular weight is 407 g/mol. The van der Waals surface area contributed by atoms with E-state index in [1.54, 1.807) is 6.07 Å². The number of ether oxygens (including phenoxy) is 1. The van der Waals surface area contributed by atoms with Crippen LogP contribution in [-0.4, -0.2) is 41.6 Å². The van der Waals surface area contributed by atoms with Gasteiger partial charge in [0.05, 0.1) is 18.3 Å². The van der Waals surface area contributed by atoms with Crippen LogP contribution in [0.25, 0.3) is 0 Å². The van der Waals surface area contributed by atoms with E-state index in [9.17, 15) is 19.2 Å². The Morgan fingerprint density at radius 2 is 1.67 bits per heavy atom. The maximum Gasteiger partial charge on any atom is 0.308 e. The Hall–Kier alpha value is -2.76. The summed E-state index contributed by atoms with van der Waals surface area (Å²) in [5.74, 6) is -0.168. The van der Waals surface area contributed by atoms with Gasteiger partial charge in [0.25, 0.3) is 0 Å². The molecule has 0 N–H and O–H groups in total. The van der Waals surface area contributed by atoms with Gasteiger partial charge in [-0.25, -0.2) is 0 Å². The Morgan fingerprint density at radius 1 is 1.03 bits per heavy atom. The fourth-order valence-electron chi connectivity index (χ4n) is 5.77. The van der Waals surface area contributed by atoms with Gasteiger partial charge in [0.1, 0.15) is 0 Å². The average Bonchev–Trinajstić information content (AvgIpc) is 3.51. The second kappa shape index (κ2) is 6.89. The molecule has 0 spiro atoms. The lowest BCUT2D eigenvalue weighted by atomic mass is 9.63. The van der Waals surface area contributed by atoms with Crippen LogP contribution in [0.15, 0.2) is 30.4 Å². The summed E-state index contributed by atoms with van der Waals surface area (Å²) >= 11 is 0. The number of ketones is 1. The van der Waals surface area contributed by atoms with Gasteiger partial charge in [-0.1, -0.05) is 29.8 Å². The number of rotatable bonds is 6. The second-order valence-corrected chi connectivity index (χ2v) is 9.13. The number of allylic oxidation sites excluding steroid dienone is 2. The maximum absolute atomic E-state index is 12.9. The molecule has 0 radical (unpaired) electrons. The van der Waals surface area contributed by atoms with Gasteiger partial charge in [0, 0.05) is 12.1 Å². The fourth-order valence-corrected chi connectivity index (χ4v) is 5.77. The van der Waals surface area contributed by atoms with Gasteiger partial charge in [0.2, 0.25) is 17.6 Å². The number of esters is 1. The predicted octanol–water partition coefficient (Wildman–Crippen LogP) is 2.47. The molecule has 2 amide bonds. The molecular formula is C24H25NO5. The van der Waals surface area contributed by atoms with Crippen LogP contribution in [0, 0.1) is 49.4 Å². The molecule has 30 heavy (non-hydrogen) atoms. The predicted molar refractivity (Wildman–Crippen MR) is 107 cm³/mol. The molecule has 2 saturated carbocycles. The molecule has 6 heteroatoms. The summed E-state index contributed by atoms with van der Waals surface area (Å²) in [4.78, 5) is 51.6. The highest BCUT2D eigenvalue weighted by molar-refractivity contribution is 6.06. The molecule has 1 saturated heterocycles. The normalized spacial score (nSPS) is 32.8. The molecule has 6 atom stereocenters. The Morgan fingerprint density at radius 3 is 2.30 bits per heavy atom. The monoisotopic (exact) mass is 407 g/mol. The van der Waals surface area contributed by atoms with Crippen LogP contribution in [0.4, 0.5) is 0 Å². The van der Waals surface area contributed by atoms with Gasteiger partial charge in [-0.3, -0.25) is 24.1 Å². The number of hydrogen-bond acceptors (Lipinski definition) is 5. The van der Waals surface area contributed by atoms with Crippen molar-refractivity contribution < 1.29 is 23.9 Å². The third-order valence-electron chi connectivity index (χ3n) is 7.35. The SMILES string of the molecule is Cc1ccc(C)c(C(=O)COC(=O)CCN2C(=O)C3C4C=CC(C5CC45)C3C2=O)c1. The number of hydrogen-bond donors (Lipinski definition) is 0. The van der Waals surface area contributed by atoms with E-state index in [0.29, 0.717) is 17.4 Å². The molecular weight excluding hydrogens is 382 g/mol. The van der Waals surface area contributed by atoms with Gasteiger partial charge in [0.15, 0.2) is 6.61 Å². The van der Waals surface area contributed by atoms with Crippen LogP contribution in [0.1, 0.15) is 34.3 Å². The summed E-state index contributed by atoms with van der Waals surface area (Å²) in [5, 5.41) is 0. The molecule has 5 aliphatic rings. The second-order valence-electron chi connectivity index (χ2n) is 9.13. The minimum Gasteiger partial charge on any atom is -0.457 e. The minimum absolute atomic E-state index is 0.0237. The first-order valence-corrected chi connectivity index (χ1v) is 10.7. The Balaban J connectivity index is 1.17. The summed E-state index contributed by atoms with van der Waals surface area (Å²) in [6.45, 7) is 3.42. The van der Waals surface area contributed by atoms with Gasteiger partial charge in [-0.15, -0.1) is 0 Å². The van der Waals surface area contributed by atoms with Crippen molar-refractivity contribution in [2.75, 3.05) is 13.2 Å². The molecule has 2 bridgehead atoms. The zero-order valence-corrected chi connectivity index (χ0v) is 17.2. The summed E-state index contributed by atoms with van der Waals surface area (Å²) in [6.07, 6.45) is 5.28. The number of Topliss-reactive ketones (excluding diaryl/α,β-unsaturated/α-hetero) is 1. The lowest BCUT2D eigenvalue weighted by Gasteiger charge is -2.37. The molecule has 6 rings (SSSR count). The number of amides is 2. The molecule has 156 valence electrons. The fraction of sp³-hybridized carbons (Fsp3) is 0.500. The standard InChI is InChI=1S/C24H25NO5/c1-12-3-4-13(2)16(9-12)19(26)11-30-20(27)7-8-25-23(28)21-14-5-6-15(18-10-17(14)18)22(21)24(25)29/h3-6,9,14-15,17-18,21-22H,7-8,10-11H2,1-2H3. The molecule has 3 fully saturated rings. The summed E-state index contributed by atoms with van der Waals surface area (Å²) in [7, 11) is 0. The van der Waals surface area contributed by atoms with E-state index in [-0.39, 0.29) is 60.8 Å². The minimum atomic E-state index is -0.576. The largest absolute Gasteiger partial charge is 0.457 e. The molecule has 1 aromatic rings. The van der Waals surface area contributed by atoms with Crippen molar-refractivity contribution >= 4 is 23.6 Å². The van der Waals surface area contributed by atoms with E-state index in [0.717, 1.165) is 17.5 Å². The van der Waals surface area contributed by atoms with Crippen molar-refractivity contribution in [2.24, 2.45) is 35.5 Å².